The molecule has 10 atom stereocenters. The lowest BCUT2D eigenvalue weighted by Crippen LogP contribution is -2.76. The van der Waals surface area contributed by atoms with Gasteiger partial charge in [-0.25, -0.2) is 0 Å². The largest absolute Gasteiger partial charge is 0.462 e. The number of ether oxygens (including phenoxy) is 7. The van der Waals surface area contributed by atoms with E-state index in [1.165, 1.54) is 27.7 Å². The second-order valence-electron chi connectivity index (χ2n) is 13.6. The quantitative estimate of drug-likeness (QED) is 0.189. The highest BCUT2D eigenvalue weighted by Gasteiger charge is 2.80. The SMILES string of the molecule is CC(=O)O[C@H]1C[C@@]2(O)[C@@H](OC(C)=O)[C@@H]3[C@]4(CO4)[C@@H](OC(C)=O)C[C@H](OC(C)=O)[C@@]3(C)[C@@H](OC(C)=O)[C@H](OC(C)=O)C(=C1C)C2(C)C. The first-order chi connectivity index (χ1) is 21.1. The zero-order chi connectivity index (χ0) is 34.7. The van der Waals surface area contributed by atoms with Gasteiger partial charge in [0.05, 0.1) is 12.0 Å². The van der Waals surface area contributed by atoms with Crippen LogP contribution in [0.25, 0.3) is 0 Å². The van der Waals surface area contributed by atoms with E-state index in [1.807, 2.05) is 0 Å². The van der Waals surface area contributed by atoms with Gasteiger partial charge in [0, 0.05) is 65.7 Å². The Balaban J connectivity index is 2.20. The maximum atomic E-state index is 13.1. The molecule has 0 amide bonds. The second-order valence-corrected chi connectivity index (χ2v) is 13.6. The third-order valence-corrected chi connectivity index (χ3v) is 10.3. The van der Waals surface area contributed by atoms with Crippen LogP contribution in [-0.2, 0) is 61.9 Å². The third-order valence-electron chi connectivity index (χ3n) is 10.3. The minimum absolute atomic E-state index is 0.0353. The molecule has 1 N–H and O–H groups in total. The molecule has 0 aromatic rings. The van der Waals surface area contributed by atoms with E-state index in [4.69, 9.17) is 33.2 Å². The van der Waals surface area contributed by atoms with E-state index in [-0.39, 0.29) is 25.0 Å². The lowest BCUT2D eigenvalue weighted by Gasteiger charge is -2.64. The Labute approximate surface area is 267 Å². The molecule has 1 saturated heterocycles. The van der Waals surface area contributed by atoms with Crippen LogP contribution in [0, 0.1) is 16.7 Å². The Kier molecular flexibility index (Phi) is 9.16. The van der Waals surface area contributed by atoms with Crippen molar-refractivity contribution in [2.45, 2.75) is 130 Å². The van der Waals surface area contributed by atoms with Gasteiger partial charge in [-0.2, -0.15) is 0 Å². The fraction of sp³-hybridized carbons (Fsp3) is 0.750. The lowest BCUT2D eigenvalue weighted by atomic mass is 9.45. The molecule has 4 aliphatic rings. The van der Waals surface area contributed by atoms with Gasteiger partial charge >= 0.3 is 35.8 Å². The van der Waals surface area contributed by atoms with Crippen LogP contribution in [0.1, 0.15) is 82.1 Å². The van der Waals surface area contributed by atoms with Gasteiger partial charge in [-0.05, 0) is 18.1 Å². The Morgan fingerprint density at radius 3 is 1.61 bits per heavy atom. The summed E-state index contributed by atoms with van der Waals surface area (Å²) in [6.07, 6.45) is -8.16. The minimum Gasteiger partial charge on any atom is -0.462 e. The number of carbonyl (C=O) groups excluding carboxylic acids is 6. The first-order valence-corrected chi connectivity index (χ1v) is 15.2. The smallest absolute Gasteiger partial charge is 0.303 e. The van der Waals surface area contributed by atoms with E-state index < -0.39 is 100 Å². The molecule has 0 radical (unpaired) electrons. The third kappa shape index (κ3) is 5.67. The number of epoxide rings is 1. The molecule has 4 rings (SSSR count). The van der Waals surface area contributed by atoms with E-state index in [9.17, 15) is 33.9 Å². The Morgan fingerprint density at radius 2 is 1.15 bits per heavy atom. The normalized spacial score (nSPS) is 39.1. The first kappa shape index (κ1) is 35.3. The van der Waals surface area contributed by atoms with E-state index in [0.717, 1.165) is 13.8 Å². The van der Waals surface area contributed by atoms with Crippen LogP contribution in [0.3, 0.4) is 0 Å². The van der Waals surface area contributed by atoms with Gasteiger partial charge in [0.25, 0.3) is 0 Å². The van der Waals surface area contributed by atoms with Gasteiger partial charge in [0.1, 0.15) is 35.6 Å². The van der Waals surface area contributed by atoms with Crippen molar-refractivity contribution in [1.82, 2.24) is 0 Å². The van der Waals surface area contributed by atoms with Gasteiger partial charge in [0.2, 0.25) is 0 Å². The molecule has 1 heterocycles. The van der Waals surface area contributed by atoms with E-state index in [0.29, 0.717) is 5.57 Å². The van der Waals surface area contributed by atoms with Gasteiger partial charge in [-0.3, -0.25) is 28.8 Å². The highest BCUT2D eigenvalue weighted by molar-refractivity contribution is 5.70. The molecule has 2 saturated carbocycles. The fourth-order valence-electron chi connectivity index (χ4n) is 8.43. The molecule has 14 nitrogen and oxygen atoms in total. The number of rotatable bonds is 6. The van der Waals surface area contributed by atoms with Crippen LogP contribution in [0.4, 0.5) is 0 Å². The Morgan fingerprint density at radius 1 is 0.696 bits per heavy atom. The van der Waals surface area contributed by atoms with Crippen molar-refractivity contribution in [3.05, 3.63) is 11.1 Å². The van der Waals surface area contributed by atoms with Crippen LogP contribution in [-0.4, -0.2) is 95.4 Å². The number of hydrogen-bond acceptors (Lipinski definition) is 14. The summed E-state index contributed by atoms with van der Waals surface area (Å²) in [7, 11) is 0. The lowest BCUT2D eigenvalue weighted by molar-refractivity contribution is -0.284. The molecule has 3 aliphatic carbocycles. The molecule has 14 heteroatoms. The molecule has 1 aliphatic heterocycles. The number of carbonyl (C=O) groups is 6. The van der Waals surface area contributed by atoms with Crippen LogP contribution in [0.5, 0.6) is 0 Å². The molecule has 0 aromatic carbocycles. The predicted octanol–water partition coefficient (Wildman–Crippen LogP) is 1.86. The number of fused-ring (bicyclic) bond motifs is 4. The highest BCUT2D eigenvalue weighted by atomic mass is 16.6. The van der Waals surface area contributed by atoms with E-state index in [2.05, 4.69) is 0 Å². The summed E-state index contributed by atoms with van der Waals surface area (Å²) in [4.78, 5) is 76.1. The highest BCUT2D eigenvalue weighted by Crippen LogP contribution is 2.67. The van der Waals surface area contributed by atoms with Crippen molar-refractivity contribution in [3.8, 4) is 0 Å². The van der Waals surface area contributed by atoms with Crippen LogP contribution in [0.2, 0.25) is 0 Å². The van der Waals surface area contributed by atoms with E-state index >= 15 is 0 Å². The van der Waals surface area contributed by atoms with Crippen molar-refractivity contribution in [1.29, 1.82) is 0 Å². The molecule has 0 aromatic heterocycles. The first-order valence-electron chi connectivity index (χ1n) is 15.2. The van der Waals surface area contributed by atoms with Crippen LogP contribution in [0.15, 0.2) is 11.1 Å². The maximum absolute atomic E-state index is 13.1. The average Bonchev–Trinajstić information content (AvgIpc) is 3.67. The van der Waals surface area contributed by atoms with Crippen molar-refractivity contribution < 1.29 is 67.0 Å². The fourth-order valence-corrected chi connectivity index (χ4v) is 8.43. The molecule has 0 unspecified atom stereocenters. The monoisotopic (exact) mass is 652 g/mol. The van der Waals surface area contributed by atoms with Crippen LogP contribution >= 0.6 is 0 Å². The van der Waals surface area contributed by atoms with Gasteiger partial charge in [-0.1, -0.05) is 20.8 Å². The number of hydrogen-bond donors (Lipinski definition) is 1. The summed E-state index contributed by atoms with van der Waals surface area (Å²) in [5, 5.41) is 13.1. The van der Waals surface area contributed by atoms with Crippen molar-refractivity contribution >= 4 is 35.8 Å². The van der Waals surface area contributed by atoms with Crippen molar-refractivity contribution in [2.24, 2.45) is 16.7 Å². The molecule has 2 bridgehead atoms. The molecule has 256 valence electrons. The summed E-state index contributed by atoms with van der Waals surface area (Å²) in [6, 6.07) is 0. The molecular formula is C32H44O14. The Hall–Kier alpha value is -3.52. The summed E-state index contributed by atoms with van der Waals surface area (Å²) in [6.45, 7) is 13.6. The molecular weight excluding hydrogens is 608 g/mol. The Bertz CT molecular complexity index is 1360. The van der Waals surface area contributed by atoms with Gasteiger partial charge in [-0.15, -0.1) is 0 Å². The summed E-state index contributed by atoms with van der Waals surface area (Å²) in [5.74, 6) is -5.60. The van der Waals surface area contributed by atoms with Crippen molar-refractivity contribution in [3.63, 3.8) is 0 Å². The van der Waals surface area contributed by atoms with Gasteiger partial charge < -0.3 is 38.3 Å². The minimum atomic E-state index is -2.09. The van der Waals surface area contributed by atoms with Crippen molar-refractivity contribution in [2.75, 3.05) is 6.61 Å². The summed E-state index contributed by atoms with van der Waals surface area (Å²) < 4.78 is 41.5. The van der Waals surface area contributed by atoms with Gasteiger partial charge in [0.15, 0.2) is 12.2 Å². The zero-order valence-electron chi connectivity index (χ0n) is 27.9. The predicted molar refractivity (Wildman–Crippen MR) is 154 cm³/mol. The maximum Gasteiger partial charge on any atom is 0.303 e. The number of esters is 6. The zero-order valence-corrected chi connectivity index (χ0v) is 27.9. The molecule has 1 spiro atoms. The summed E-state index contributed by atoms with van der Waals surface area (Å²) >= 11 is 0. The topological polar surface area (TPSA) is 191 Å². The standard InChI is InChI=1S/C32H44O14/c1-14-21(41-15(2)33)12-32(39)28(46-20(7)38)26-30(10,22(42-16(3)34)11-23(43-17(4)35)31(26)13-40-31)27(45-19(6)37)25(44-18(5)36)24(14)29(32,8)9/h21-23,25-28,39H,11-13H2,1-10H3/t21-,22-,23-,25+,26-,27-,28-,30+,31-,32+/m0/s1. The second kappa shape index (κ2) is 11.9. The summed E-state index contributed by atoms with van der Waals surface area (Å²) in [5.41, 5.74) is -5.89. The van der Waals surface area contributed by atoms with E-state index in [1.54, 1.807) is 27.7 Å². The van der Waals surface area contributed by atoms with Crippen LogP contribution < -0.4 is 0 Å². The average molecular weight is 653 g/mol. The molecule has 3 fully saturated rings. The molecule has 46 heavy (non-hydrogen) atoms. The number of aliphatic hydroxyl groups is 1.